The molecule has 0 saturated heterocycles. The first-order valence-corrected chi connectivity index (χ1v) is 13.3. The zero-order chi connectivity index (χ0) is 25.9. The van der Waals surface area contributed by atoms with Gasteiger partial charge in [-0.05, 0) is 36.6 Å². The van der Waals surface area contributed by atoms with Crippen LogP contribution < -0.4 is 5.32 Å². The van der Waals surface area contributed by atoms with E-state index in [2.05, 4.69) is 5.32 Å². The first-order valence-electron chi connectivity index (χ1n) is 11.1. The molecule has 0 bridgehead atoms. The maximum Gasteiger partial charge on any atom is 0.269 e. The molecule has 3 rings (SSSR count). The number of carbonyl (C=O) groups is 3. The average molecular weight is 540 g/mol. The van der Waals surface area contributed by atoms with Crippen molar-refractivity contribution >= 4 is 50.9 Å². The van der Waals surface area contributed by atoms with Gasteiger partial charge in [0.25, 0.3) is 15.9 Å². The summed E-state index contributed by atoms with van der Waals surface area (Å²) < 4.78 is 26.5. The minimum atomic E-state index is -4.20. The molecule has 2 aromatic rings. The van der Waals surface area contributed by atoms with Gasteiger partial charge in [-0.3, -0.25) is 14.4 Å². The van der Waals surface area contributed by atoms with Gasteiger partial charge in [0.15, 0.2) is 0 Å². The highest BCUT2D eigenvalue weighted by atomic mass is 35.5. The van der Waals surface area contributed by atoms with Crippen molar-refractivity contribution in [2.24, 2.45) is 5.92 Å². The third kappa shape index (κ3) is 5.63. The quantitative estimate of drug-likeness (QED) is 0.522. The molecule has 0 unspecified atom stereocenters. The zero-order valence-electron chi connectivity index (χ0n) is 19.6. The van der Waals surface area contributed by atoms with Gasteiger partial charge in [0, 0.05) is 28.7 Å². The van der Waals surface area contributed by atoms with E-state index in [-0.39, 0.29) is 29.3 Å². The molecule has 1 aliphatic rings. The summed E-state index contributed by atoms with van der Waals surface area (Å²) in [6, 6.07) is 9.71. The molecule has 0 aliphatic carbocycles. The maximum atomic E-state index is 13.6. The van der Waals surface area contributed by atoms with Crippen LogP contribution in [0.15, 0.2) is 47.4 Å². The van der Waals surface area contributed by atoms with E-state index in [9.17, 15) is 22.8 Å². The molecule has 11 heteroatoms. The molecule has 1 N–H and O–H groups in total. The van der Waals surface area contributed by atoms with Crippen molar-refractivity contribution in [2.75, 3.05) is 13.1 Å². The monoisotopic (exact) mass is 539 g/mol. The average Bonchev–Trinajstić information content (AvgIpc) is 3.00. The first-order chi connectivity index (χ1) is 16.5. The summed E-state index contributed by atoms with van der Waals surface area (Å²) in [6.07, 6.45) is 0.249. The van der Waals surface area contributed by atoms with Crippen molar-refractivity contribution in [3.63, 3.8) is 0 Å². The molecule has 35 heavy (non-hydrogen) atoms. The summed E-state index contributed by atoms with van der Waals surface area (Å²) >= 11 is 12.6. The van der Waals surface area contributed by atoms with Crippen molar-refractivity contribution in [2.45, 2.75) is 44.7 Å². The van der Waals surface area contributed by atoms with Crippen LogP contribution in [-0.4, -0.2) is 54.5 Å². The summed E-state index contributed by atoms with van der Waals surface area (Å²) in [6.45, 7) is 5.12. The zero-order valence-corrected chi connectivity index (χ0v) is 22.0. The second-order valence-corrected chi connectivity index (χ2v) is 11.2. The number of sulfonamides is 1. The van der Waals surface area contributed by atoms with E-state index < -0.39 is 40.3 Å². The number of fused-ring (bicyclic) bond motifs is 1. The number of halogens is 2. The van der Waals surface area contributed by atoms with Gasteiger partial charge < -0.3 is 10.2 Å². The number of hydrogen-bond donors (Lipinski definition) is 1. The van der Waals surface area contributed by atoms with Crippen molar-refractivity contribution in [1.29, 1.82) is 0 Å². The molecule has 2 aromatic carbocycles. The molecule has 1 aliphatic heterocycles. The molecule has 0 spiro atoms. The number of carbonyl (C=O) groups excluding carboxylic acids is 3. The smallest absolute Gasteiger partial charge is 0.269 e. The third-order valence-electron chi connectivity index (χ3n) is 5.65. The Morgan fingerprint density at radius 1 is 1.06 bits per heavy atom. The Morgan fingerprint density at radius 2 is 1.69 bits per heavy atom. The highest BCUT2D eigenvalue weighted by molar-refractivity contribution is 7.90. The van der Waals surface area contributed by atoms with Crippen LogP contribution in [0, 0.1) is 5.92 Å². The highest BCUT2D eigenvalue weighted by Gasteiger charge is 2.43. The Kier molecular flexibility index (Phi) is 8.46. The lowest BCUT2D eigenvalue weighted by Crippen LogP contribution is -2.52. The minimum Gasteiger partial charge on any atom is -0.354 e. The molecular weight excluding hydrogens is 513 g/mol. The fraction of sp³-hybridized carbons (Fsp3) is 0.375. The molecule has 188 valence electrons. The van der Waals surface area contributed by atoms with Crippen molar-refractivity contribution in [3.05, 3.63) is 63.6 Å². The van der Waals surface area contributed by atoms with Gasteiger partial charge in [0.05, 0.1) is 5.56 Å². The second kappa shape index (κ2) is 11.0. The van der Waals surface area contributed by atoms with Crippen LogP contribution in [0.3, 0.4) is 0 Å². The fourth-order valence-corrected chi connectivity index (χ4v) is 5.83. The number of benzene rings is 2. The second-order valence-electron chi connectivity index (χ2n) is 8.60. The lowest BCUT2D eigenvalue weighted by molar-refractivity contribution is -0.141. The molecule has 0 fully saturated rings. The molecule has 8 nitrogen and oxygen atoms in total. The van der Waals surface area contributed by atoms with Gasteiger partial charge in [0.2, 0.25) is 11.8 Å². The fourth-order valence-electron chi connectivity index (χ4n) is 3.80. The Balaban J connectivity index is 1.96. The van der Waals surface area contributed by atoms with Crippen molar-refractivity contribution < 1.29 is 22.8 Å². The Hall–Kier alpha value is -2.62. The number of nitrogens with one attached hydrogen (secondary N) is 1. The van der Waals surface area contributed by atoms with Crippen LogP contribution in [0.5, 0.6) is 0 Å². The Labute approximate surface area is 215 Å². The summed E-state index contributed by atoms with van der Waals surface area (Å²) in [5, 5.41) is 3.41. The molecule has 1 heterocycles. The van der Waals surface area contributed by atoms with Gasteiger partial charge in [-0.1, -0.05) is 62.2 Å². The number of nitrogens with zero attached hydrogens (tertiary/aromatic N) is 2. The van der Waals surface area contributed by atoms with Crippen LogP contribution >= 0.6 is 23.2 Å². The highest BCUT2D eigenvalue weighted by Crippen LogP contribution is 2.31. The van der Waals surface area contributed by atoms with Crippen LogP contribution in [0.4, 0.5) is 0 Å². The van der Waals surface area contributed by atoms with E-state index in [4.69, 9.17) is 23.2 Å². The standard InChI is InChI=1S/C24H27Cl2N3O5S/c1-4-20(23(31)27-12-15(2)3)28(13-17-18(25)9-7-10-19(17)26)22(30)14-29-24(32)16-8-5-6-11-21(16)35(29,33)34/h5-11,15,20H,4,12-14H2,1-3H3,(H,27,31)/t20-/m1/s1. The predicted octanol–water partition coefficient (Wildman–Crippen LogP) is 3.72. The van der Waals surface area contributed by atoms with Gasteiger partial charge in [-0.15, -0.1) is 0 Å². The summed E-state index contributed by atoms with van der Waals surface area (Å²) in [5.74, 6) is -1.72. The lowest BCUT2D eigenvalue weighted by atomic mass is 10.1. The third-order valence-corrected chi connectivity index (χ3v) is 8.15. The van der Waals surface area contributed by atoms with Crippen LogP contribution in [0.1, 0.15) is 43.1 Å². The topological polar surface area (TPSA) is 104 Å². The van der Waals surface area contributed by atoms with Crippen LogP contribution in [-0.2, 0) is 26.2 Å². The number of hydrogen-bond acceptors (Lipinski definition) is 5. The minimum absolute atomic E-state index is 0.00252. The van der Waals surface area contributed by atoms with E-state index >= 15 is 0 Å². The lowest BCUT2D eigenvalue weighted by Gasteiger charge is -2.32. The van der Waals surface area contributed by atoms with Crippen LogP contribution in [0.2, 0.25) is 10.0 Å². The summed E-state index contributed by atoms with van der Waals surface area (Å²) in [4.78, 5) is 40.5. The largest absolute Gasteiger partial charge is 0.354 e. The normalized spacial score (nSPS) is 15.1. The predicted molar refractivity (Wildman–Crippen MR) is 134 cm³/mol. The summed E-state index contributed by atoms with van der Waals surface area (Å²) in [5.41, 5.74) is 0.418. The van der Waals surface area contributed by atoms with Gasteiger partial charge in [-0.2, -0.15) is 0 Å². The maximum absolute atomic E-state index is 13.6. The summed E-state index contributed by atoms with van der Waals surface area (Å²) in [7, 11) is -4.20. The van der Waals surface area contributed by atoms with E-state index in [1.807, 2.05) is 13.8 Å². The van der Waals surface area contributed by atoms with Crippen molar-refractivity contribution in [1.82, 2.24) is 14.5 Å². The molecule has 0 saturated carbocycles. The molecule has 0 aromatic heterocycles. The van der Waals surface area contributed by atoms with E-state index in [1.54, 1.807) is 31.2 Å². The molecule has 0 radical (unpaired) electrons. The Morgan fingerprint density at radius 3 is 2.26 bits per heavy atom. The van der Waals surface area contributed by atoms with Crippen LogP contribution in [0.25, 0.3) is 0 Å². The SMILES string of the molecule is CC[C@H](C(=O)NCC(C)C)N(Cc1c(Cl)cccc1Cl)C(=O)CN1C(=O)c2ccccc2S1(=O)=O. The molecule has 1 atom stereocenters. The van der Waals surface area contributed by atoms with Gasteiger partial charge >= 0.3 is 0 Å². The Bertz CT molecular complexity index is 1230. The van der Waals surface area contributed by atoms with Crippen molar-refractivity contribution in [3.8, 4) is 0 Å². The van der Waals surface area contributed by atoms with Gasteiger partial charge in [-0.25, -0.2) is 12.7 Å². The van der Waals surface area contributed by atoms with Gasteiger partial charge in [0.1, 0.15) is 17.5 Å². The first kappa shape index (κ1) is 27.0. The van der Waals surface area contributed by atoms with E-state index in [0.717, 1.165) is 0 Å². The molecule has 3 amide bonds. The number of amides is 3. The van der Waals surface area contributed by atoms with E-state index in [0.29, 0.717) is 26.5 Å². The number of rotatable bonds is 9. The molecular formula is C24H27Cl2N3O5S. The van der Waals surface area contributed by atoms with E-state index in [1.165, 1.54) is 23.1 Å².